The van der Waals surface area contributed by atoms with Gasteiger partial charge < -0.3 is 10.4 Å². The Kier molecular flexibility index (Phi) is 4.82. The fraction of sp³-hybridized carbons (Fsp3) is 0.750. The van der Waals surface area contributed by atoms with Gasteiger partial charge in [-0.1, -0.05) is 32.8 Å². The van der Waals surface area contributed by atoms with Crippen molar-refractivity contribution in [3.05, 3.63) is 12.2 Å². The Morgan fingerprint density at radius 3 is 2.73 bits per heavy atom. The second-order valence-electron chi connectivity index (χ2n) is 4.35. The standard InChI is InChI=1S/C12H21NO2/c1-3-10-6-4-5-7-11(10)13-8-9(2)12(14)15/h10-11,13H,2-8H2,1H3,(H,14,15). The zero-order chi connectivity index (χ0) is 11.3. The Balaban J connectivity index is 2.35. The topological polar surface area (TPSA) is 49.3 Å². The molecule has 0 aromatic carbocycles. The predicted octanol–water partition coefficient (Wildman–Crippen LogP) is 2.19. The maximum absolute atomic E-state index is 10.6. The van der Waals surface area contributed by atoms with E-state index in [-0.39, 0.29) is 5.57 Å². The third kappa shape index (κ3) is 3.67. The van der Waals surface area contributed by atoms with Gasteiger partial charge in [-0.05, 0) is 18.8 Å². The lowest BCUT2D eigenvalue weighted by atomic mass is 9.83. The zero-order valence-electron chi connectivity index (χ0n) is 9.46. The Bertz CT molecular complexity index is 238. The summed E-state index contributed by atoms with van der Waals surface area (Å²) < 4.78 is 0. The molecule has 15 heavy (non-hydrogen) atoms. The summed E-state index contributed by atoms with van der Waals surface area (Å²) in [5, 5.41) is 12.0. The molecule has 1 saturated carbocycles. The molecule has 2 N–H and O–H groups in total. The van der Waals surface area contributed by atoms with Gasteiger partial charge in [-0.25, -0.2) is 4.79 Å². The van der Waals surface area contributed by atoms with Crippen molar-refractivity contribution in [1.82, 2.24) is 5.32 Å². The van der Waals surface area contributed by atoms with Crippen LogP contribution in [0.1, 0.15) is 39.0 Å². The summed E-state index contributed by atoms with van der Waals surface area (Å²) in [7, 11) is 0. The fourth-order valence-corrected chi connectivity index (χ4v) is 2.29. The van der Waals surface area contributed by atoms with Gasteiger partial charge in [0.15, 0.2) is 0 Å². The highest BCUT2D eigenvalue weighted by Crippen LogP contribution is 2.26. The third-order valence-corrected chi connectivity index (χ3v) is 3.31. The van der Waals surface area contributed by atoms with Crippen LogP contribution in [0.5, 0.6) is 0 Å². The van der Waals surface area contributed by atoms with Crippen molar-refractivity contribution >= 4 is 5.97 Å². The van der Waals surface area contributed by atoms with E-state index >= 15 is 0 Å². The molecule has 1 fully saturated rings. The van der Waals surface area contributed by atoms with E-state index in [2.05, 4.69) is 18.8 Å². The van der Waals surface area contributed by atoms with E-state index in [4.69, 9.17) is 5.11 Å². The fourth-order valence-electron chi connectivity index (χ4n) is 2.29. The van der Waals surface area contributed by atoms with E-state index in [1.54, 1.807) is 0 Å². The molecule has 1 rings (SSSR count). The van der Waals surface area contributed by atoms with Gasteiger partial charge in [-0.15, -0.1) is 0 Å². The molecule has 2 unspecified atom stereocenters. The van der Waals surface area contributed by atoms with Crippen molar-refractivity contribution in [3.8, 4) is 0 Å². The molecule has 86 valence electrons. The van der Waals surface area contributed by atoms with E-state index in [9.17, 15) is 4.79 Å². The molecule has 3 nitrogen and oxygen atoms in total. The van der Waals surface area contributed by atoms with Gasteiger partial charge in [-0.2, -0.15) is 0 Å². The zero-order valence-corrected chi connectivity index (χ0v) is 9.46. The molecule has 0 heterocycles. The van der Waals surface area contributed by atoms with E-state index in [0.29, 0.717) is 18.5 Å². The molecule has 3 heteroatoms. The molecule has 0 saturated heterocycles. The van der Waals surface area contributed by atoms with Gasteiger partial charge in [0.25, 0.3) is 0 Å². The average molecular weight is 211 g/mol. The number of carbonyl (C=O) groups is 1. The van der Waals surface area contributed by atoms with Gasteiger partial charge in [0, 0.05) is 18.2 Å². The lowest BCUT2D eigenvalue weighted by Crippen LogP contribution is -2.39. The van der Waals surface area contributed by atoms with Gasteiger partial charge in [0.05, 0.1) is 0 Å². The normalized spacial score (nSPS) is 26.2. The SMILES string of the molecule is C=C(CNC1CCCCC1CC)C(=O)O. The van der Waals surface area contributed by atoms with E-state index < -0.39 is 5.97 Å². The minimum absolute atomic E-state index is 0.260. The molecule has 1 aliphatic carbocycles. The minimum atomic E-state index is -0.897. The van der Waals surface area contributed by atoms with Crippen LogP contribution in [0.2, 0.25) is 0 Å². The van der Waals surface area contributed by atoms with Crippen LogP contribution in [0.15, 0.2) is 12.2 Å². The highest BCUT2D eigenvalue weighted by Gasteiger charge is 2.23. The molecule has 0 bridgehead atoms. The van der Waals surface area contributed by atoms with Gasteiger partial charge >= 0.3 is 5.97 Å². The average Bonchev–Trinajstić information content (AvgIpc) is 2.26. The predicted molar refractivity (Wildman–Crippen MR) is 60.8 cm³/mol. The summed E-state index contributed by atoms with van der Waals surface area (Å²) in [5.41, 5.74) is 0.260. The highest BCUT2D eigenvalue weighted by molar-refractivity contribution is 5.86. The van der Waals surface area contributed by atoms with E-state index in [0.717, 1.165) is 0 Å². The molecule has 0 aliphatic heterocycles. The molecule has 0 aromatic rings. The lowest BCUT2D eigenvalue weighted by molar-refractivity contribution is -0.132. The first kappa shape index (κ1) is 12.2. The Hall–Kier alpha value is -0.830. The summed E-state index contributed by atoms with van der Waals surface area (Å²) in [6.45, 7) is 6.15. The van der Waals surface area contributed by atoms with Crippen LogP contribution >= 0.6 is 0 Å². The number of aliphatic carboxylic acids is 1. The molecule has 1 aliphatic rings. The van der Waals surface area contributed by atoms with Crippen LogP contribution in [0.25, 0.3) is 0 Å². The molecule has 0 amide bonds. The first-order valence-electron chi connectivity index (χ1n) is 5.79. The quantitative estimate of drug-likeness (QED) is 0.685. The van der Waals surface area contributed by atoms with Gasteiger partial charge in [-0.3, -0.25) is 0 Å². The molecule has 2 atom stereocenters. The lowest BCUT2D eigenvalue weighted by Gasteiger charge is -2.31. The van der Waals surface area contributed by atoms with Gasteiger partial charge in [0.2, 0.25) is 0 Å². The van der Waals surface area contributed by atoms with Crippen molar-refractivity contribution < 1.29 is 9.90 Å². The summed E-state index contributed by atoms with van der Waals surface area (Å²) >= 11 is 0. The van der Waals surface area contributed by atoms with Crippen LogP contribution in [-0.2, 0) is 4.79 Å². The number of hydrogen-bond acceptors (Lipinski definition) is 2. The van der Waals surface area contributed by atoms with Gasteiger partial charge in [0.1, 0.15) is 0 Å². The second-order valence-corrected chi connectivity index (χ2v) is 4.35. The Labute approximate surface area is 91.6 Å². The van der Waals surface area contributed by atoms with Crippen LogP contribution in [-0.4, -0.2) is 23.7 Å². The maximum atomic E-state index is 10.6. The van der Waals surface area contributed by atoms with Crippen molar-refractivity contribution in [2.24, 2.45) is 5.92 Å². The van der Waals surface area contributed by atoms with Crippen LogP contribution in [0.4, 0.5) is 0 Å². The summed E-state index contributed by atoms with van der Waals surface area (Å²) in [4.78, 5) is 10.6. The van der Waals surface area contributed by atoms with Crippen molar-refractivity contribution in [2.75, 3.05) is 6.54 Å². The minimum Gasteiger partial charge on any atom is -0.478 e. The smallest absolute Gasteiger partial charge is 0.332 e. The largest absolute Gasteiger partial charge is 0.478 e. The number of carboxylic acid groups (broad SMARTS) is 1. The maximum Gasteiger partial charge on any atom is 0.332 e. The van der Waals surface area contributed by atoms with Crippen LogP contribution in [0, 0.1) is 5.92 Å². The van der Waals surface area contributed by atoms with Crippen molar-refractivity contribution in [2.45, 2.75) is 45.1 Å². The summed E-state index contributed by atoms with van der Waals surface area (Å²) in [6, 6.07) is 0.486. The Morgan fingerprint density at radius 2 is 2.13 bits per heavy atom. The first-order chi connectivity index (χ1) is 7.15. The highest BCUT2D eigenvalue weighted by atomic mass is 16.4. The third-order valence-electron chi connectivity index (χ3n) is 3.31. The Morgan fingerprint density at radius 1 is 1.47 bits per heavy atom. The van der Waals surface area contributed by atoms with Crippen LogP contribution in [0.3, 0.4) is 0 Å². The summed E-state index contributed by atoms with van der Waals surface area (Å²) in [5.74, 6) is -0.188. The molecule has 0 aromatic heterocycles. The van der Waals surface area contributed by atoms with E-state index in [1.165, 1.54) is 32.1 Å². The van der Waals surface area contributed by atoms with Crippen molar-refractivity contribution in [3.63, 3.8) is 0 Å². The van der Waals surface area contributed by atoms with Crippen molar-refractivity contribution in [1.29, 1.82) is 0 Å². The van der Waals surface area contributed by atoms with Crippen LogP contribution < -0.4 is 5.32 Å². The molecule has 0 spiro atoms. The molecular formula is C12H21NO2. The molecular weight excluding hydrogens is 190 g/mol. The first-order valence-corrected chi connectivity index (χ1v) is 5.79. The number of carboxylic acids is 1. The number of nitrogens with one attached hydrogen (secondary N) is 1. The van der Waals surface area contributed by atoms with E-state index in [1.807, 2.05) is 0 Å². The second kappa shape index (κ2) is 5.91. The monoisotopic (exact) mass is 211 g/mol. The number of hydrogen-bond donors (Lipinski definition) is 2. The molecule has 0 radical (unpaired) electrons. The summed E-state index contributed by atoms with van der Waals surface area (Å²) in [6.07, 6.45) is 6.20. The number of rotatable bonds is 5.